The molecule has 0 radical (unpaired) electrons. The summed E-state index contributed by atoms with van der Waals surface area (Å²) < 4.78 is 0. The first-order valence-electron chi connectivity index (χ1n) is 19.9. The molecule has 0 amide bonds. The van der Waals surface area contributed by atoms with Crippen LogP contribution in [0.15, 0.2) is 218 Å². The molecule has 0 saturated carbocycles. The van der Waals surface area contributed by atoms with Gasteiger partial charge in [0.1, 0.15) is 0 Å². The summed E-state index contributed by atoms with van der Waals surface area (Å²) in [6, 6.07) is 74.2. The summed E-state index contributed by atoms with van der Waals surface area (Å²) in [6.45, 7) is 0. The van der Waals surface area contributed by atoms with Gasteiger partial charge in [0, 0.05) is 33.4 Å². The lowest BCUT2D eigenvalue weighted by Gasteiger charge is -2.12. The van der Waals surface area contributed by atoms with Gasteiger partial charge in [-0.25, -0.2) is 29.9 Å². The van der Waals surface area contributed by atoms with Crippen molar-refractivity contribution < 1.29 is 0 Å². The molecule has 0 bridgehead atoms. The molecule has 0 atom stereocenters. The molecule has 0 unspecified atom stereocenters. The van der Waals surface area contributed by atoms with Crippen LogP contribution in [-0.2, 0) is 0 Å². The van der Waals surface area contributed by atoms with E-state index in [4.69, 9.17) is 29.9 Å². The van der Waals surface area contributed by atoms with E-state index < -0.39 is 0 Å². The van der Waals surface area contributed by atoms with E-state index >= 15 is 0 Å². The molecule has 2 aromatic heterocycles. The molecule has 282 valence electrons. The third-order valence-corrected chi connectivity index (χ3v) is 10.4. The van der Waals surface area contributed by atoms with Gasteiger partial charge in [0.15, 0.2) is 34.9 Å². The van der Waals surface area contributed by atoms with Crippen LogP contribution in [-0.4, -0.2) is 29.9 Å². The first-order valence-corrected chi connectivity index (χ1v) is 19.9. The topological polar surface area (TPSA) is 77.3 Å². The van der Waals surface area contributed by atoms with Gasteiger partial charge in [0.2, 0.25) is 0 Å². The maximum absolute atomic E-state index is 5.09. The number of rotatable bonds is 9. The third-order valence-electron chi connectivity index (χ3n) is 10.4. The summed E-state index contributed by atoms with van der Waals surface area (Å²) in [6.07, 6.45) is 0. The number of aromatic nitrogens is 6. The van der Waals surface area contributed by atoms with Crippen LogP contribution in [0, 0.1) is 0 Å². The second kappa shape index (κ2) is 16.3. The minimum Gasteiger partial charge on any atom is -0.208 e. The first kappa shape index (κ1) is 36.1. The van der Waals surface area contributed by atoms with Crippen LogP contribution in [0.4, 0.5) is 0 Å². The number of benzene rings is 8. The Kier molecular flexibility index (Phi) is 9.84. The lowest BCUT2D eigenvalue weighted by Crippen LogP contribution is -2.01. The molecule has 6 nitrogen and oxygen atoms in total. The van der Waals surface area contributed by atoms with Crippen LogP contribution in [0.5, 0.6) is 0 Å². The van der Waals surface area contributed by atoms with E-state index in [1.807, 2.05) is 84.9 Å². The smallest absolute Gasteiger partial charge is 0.164 e. The Morgan fingerprint density at radius 2 is 0.333 bits per heavy atom. The van der Waals surface area contributed by atoms with E-state index in [1.165, 1.54) is 0 Å². The minimum atomic E-state index is 0.592. The fraction of sp³-hybridized carbons (Fsp3) is 0. The Balaban J connectivity index is 1.04. The van der Waals surface area contributed by atoms with Crippen molar-refractivity contribution in [3.63, 3.8) is 0 Å². The quantitative estimate of drug-likeness (QED) is 0.145. The zero-order chi connectivity index (χ0) is 40.1. The van der Waals surface area contributed by atoms with Crippen molar-refractivity contribution in [3.8, 4) is 102 Å². The largest absolute Gasteiger partial charge is 0.208 e. The van der Waals surface area contributed by atoms with Crippen molar-refractivity contribution in [1.29, 1.82) is 0 Å². The summed E-state index contributed by atoms with van der Waals surface area (Å²) in [5, 5.41) is 0. The molecule has 0 spiro atoms. The Labute approximate surface area is 348 Å². The molecule has 0 N–H and O–H groups in total. The molecule has 0 saturated heterocycles. The highest BCUT2D eigenvalue weighted by atomic mass is 15.0. The number of hydrogen-bond acceptors (Lipinski definition) is 6. The average molecular weight is 769 g/mol. The molecule has 10 rings (SSSR count). The monoisotopic (exact) mass is 768 g/mol. The van der Waals surface area contributed by atoms with Gasteiger partial charge in [-0.05, 0) is 57.6 Å². The van der Waals surface area contributed by atoms with Gasteiger partial charge in [0.05, 0.1) is 0 Å². The predicted molar refractivity (Wildman–Crippen MR) is 242 cm³/mol. The van der Waals surface area contributed by atoms with Crippen molar-refractivity contribution >= 4 is 0 Å². The van der Waals surface area contributed by atoms with Crippen LogP contribution in [0.1, 0.15) is 0 Å². The lowest BCUT2D eigenvalue weighted by molar-refractivity contribution is 1.07. The molecule has 2 heterocycles. The highest BCUT2D eigenvalue weighted by Gasteiger charge is 2.16. The van der Waals surface area contributed by atoms with Crippen LogP contribution in [0.2, 0.25) is 0 Å². The first-order chi connectivity index (χ1) is 29.7. The summed E-state index contributed by atoms with van der Waals surface area (Å²) in [4.78, 5) is 30.2. The number of nitrogens with zero attached hydrogens (tertiary/aromatic N) is 6. The fourth-order valence-electron chi connectivity index (χ4n) is 7.31. The third kappa shape index (κ3) is 7.73. The zero-order valence-corrected chi connectivity index (χ0v) is 32.5. The van der Waals surface area contributed by atoms with E-state index in [0.717, 1.165) is 66.8 Å². The molecule has 10 aromatic rings. The van der Waals surface area contributed by atoms with Crippen molar-refractivity contribution in [1.82, 2.24) is 29.9 Å². The van der Waals surface area contributed by atoms with Gasteiger partial charge in [-0.15, -0.1) is 0 Å². The Morgan fingerprint density at radius 3 is 0.600 bits per heavy atom. The highest BCUT2D eigenvalue weighted by Crippen LogP contribution is 2.33. The number of hydrogen-bond donors (Lipinski definition) is 0. The Morgan fingerprint density at radius 1 is 0.150 bits per heavy atom. The molecule has 6 heteroatoms. The van der Waals surface area contributed by atoms with Crippen LogP contribution in [0.3, 0.4) is 0 Å². The van der Waals surface area contributed by atoms with Gasteiger partial charge >= 0.3 is 0 Å². The Bertz CT molecular complexity index is 2870. The van der Waals surface area contributed by atoms with E-state index in [0.29, 0.717) is 34.9 Å². The van der Waals surface area contributed by atoms with Gasteiger partial charge in [0.25, 0.3) is 0 Å². The van der Waals surface area contributed by atoms with Crippen LogP contribution < -0.4 is 0 Å². The van der Waals surface area contributed by atoms with Gasteiger partial charge in [-0.1, -0.05) is 194 Å². The fourth-order valence-corrected chi connectivity index (χ4v) is 7.31. The molecule has 0 fully saturated rings. The van der Waals surface area contributed by atoms with Crippen LogP contribution in [0.25, 0.3) is 102 Å². The highest BCUT2D eigenvalue weighted by molar-refractivity contribution is 5.78. The van der Waals surface area contributed by atoms with Crippen LogP contribution >= 0.6 is 0 Å². The molecule has 60 heavy (non-hydrogen) atoms. The normalized spacial score (nSPS) is 11.0. The predicted octanol–water partition coefficient (Wildman–Crippen LogP) is 13.1. The van der Waals surface area contributed by atoms with Crippen molar-refractivity contribution in [2.45, 2.75) is 0 Å². The van der Waals surface area contributed by atoms with E-state index in [9.17, 15) is 0 Å². The second-order valence-electron chi connectivity index (χ2n) is 14.4. The van der Waals surface area contributed by atoms with Gasteiger partial charge < -0.3 is 0 Å². The van der Waals surface area contributed by atoms with Crippen molar-refractivity contribution in [2.24, 2.45) is 0 Å². The summed E-state index contributed by atoms with van der Waals surface area (Å²) >= 11 is 0. The van der Waals surface area contributed by atoms with Gasteiger partial charge in [-0.3, -0.25) is 0 Å². The summed E-state index contributed by atoms with van der Waals surface area (Å²) in [5.74, 6) is 3.63. The molecule has 0 aliphatic rings. The lowest BCUT2D eigenvalue weighted by atomic mass is 10.00. The molecule has 0 aliphatic heterocycles. The van der Waals surface area contributed by atoms with Gasteiger partial charge in [-0.2, -0.15) is 0 Å². The maximum Gasteiger partial charge on any atom is 0.164 e. The molecule has 8 aromatic carbocycles. The summed E-state index contributed by atoms with van der Waals surface area (Å²) in [7, 11) is 0. The maximum atomic E-state index is 5.09. The molecular weight excluding hydrogens is 733 g/mol. The average Bonchev–Trinajstić information content (AvgIpc) is 3.35. The van der Waals surface area contributed by atoms with E-state index in [2.05, 4.69) is 133 Å². The zero-order valence-electron chi connectivity index (χ0n) is 32.5. The van der Waals surface area contributed by atoms with E-state index in [-0.39, 0.29) is 0 Å². The minimum absolute atomic E-state index is 0.592. The standard InChI is InChI=1S/C54H36N6/c1-5-17-37(18-6-1)41-25-13-29-45(33-41)51-55-49(39-21-9-3-10-22-39)57-53(59-51)47-31-15-27-43(35-47)44-28-16-32-48(36-44)54-58-50(40-23-11-4-12-24-40)56-52(60-54)46-30-14-26-42(34-46)38-19-7-2-8-20-38/h1-36H. The summed E-state index contributed by atoms with van der Waals surface area (Å²) in [5.41, 5.74) is 11.9. The second-order valence-corrected chi connectivity index (χ2v) is 14.4. The van der Waals surface area contributed by atoms with Crippen molar-refractivity contribution in [2.75, 3.05) is 0 Å². The van der Waals surface area contributed by atoms with Crippen molar-refractivity contribution in [3.05, 3.63) is 218 Å². The molecular formula is C54H36N6. The van der Waals surface area contributed by atoms with E-state index in [1.54, 1.807) is 0 Å². The Hall–Kier alpha value is -8.22. The molecule has 0 aliphatic carbocycles. The SMILES string of the molecule is c1ccc(-c2cccc(-c3nc(-c4ccccc4)nc(-c4cccc(-c5cccc(-c6nc(-c7ccccc7)nc(-c7cccc(-c8ccccc8)c7)n6)c5)c4)n3)c2)cc1.